The largest absolute Gasteiger partial charge is 0.497 e. The van der Waals surface area contributed by atoms with Gasteiger partial charge in [0.05, 0.1) is 18.1 Å². The molecule has 37 heavy (non-hydrogen) atoms. The van der Waals surface area contributed by atoms with Gasteiger partial charge >= 0.3 is 0 Å². The van der Waals surface area contributed by atoms with Crippen molar-refractivity contribution in [2.24, 2.45) is 5.92 Å². The molecule has 0 aliphatic carbocycles. The molecule has 190 valence electrons. The summed E-state index contributed by atoms with van der Waals surface area (Å²) in [4.78, 5) is 27.9. The Morgan fingerprint density at radius 3 is 2.65 bits per heavy atom. The summed E-state index contributed by atoms with van der Waals surface area (Å²) in [5.41, 5.74) is 3.87. The summed E-state index contributed by atoms with van der Waals surface area (Å²) in [6, 6.07) is 16.6. The third-order valence-electron chi connectivity index (χ3n) is 7.76. The maximum Gasteiger partial charge on any atom is 0.250 e. The third kappa shape index (κ3) is 4.33. The van der Waals surface area contributed by atoms with Gasteiger partial charge in [-0.1, -0.05) is 18.2 Å². The van der Waals surface area contributed by atoms with E-state index >= 15 is 0 Å². The molecule has 7 heteroatoms. The highest BCUT2D eigenvalue weighted by atomic mass is 16.5. The van der Waals surface area contributed by atoms with E-state index in [2.05, 4.69) is 11.0 Å². The summed E-state index contributed by atoms with van der Waals surface area (Å²) in [5, 5.41) is 0.538. The predicted octanol–water partition coefficient (Wildman–Crippen LogP) is 4.44. The van der Waals surface area contributed by atoms with Crippen molar-refractivity contribution >= 4 is 11.0 Å². The number of nitrogens with zero attached hydrogens (tertiary/aromatic N) is 2. The van der Waals surface area contributed by atoms with Crippen LogP contribution in [0.15, 0.2) is 74.9 Å². The second-order valence-electron chi connectivity index (χ2n) is 10.1. The van der Waals surface area contributed by atoms with Gasteiger partial charge in [0.1, 0.15) is 30.0 Å². The van der Waals surface area contributed by atoms with Crippen LogP contribution in [0.5, 0.6) is 11.5 Å². The van der Waals surface area contributed by atoms with E-state index in [9.17, 15) is 9.59 Å². The number of fused-ring (bicyclic) bond motifs is 5. The molecule has 0 N–H and O–H groups in total. The SMILES string of the molecule is COc1ccc(-c2coc3c(C)c(OCCN4C[C@@H]5C[C@@H](C4)c4cccc(=O)n4C5)ccc3c2=O)cc1. The van der Waals surface area contributed by atoms with E-state index in [1.807, 2.05) is 47.9 Å². The van der Waals surface area contributed by atoms with E-state index in [4.69, 9.17) is 13.9 Å². The van der Waals surface area contributed by atoms with E-state index < -0.39 is 0 Å². The zero-order valence-corrected chi connectivity index (χ0v) is 21.1. The van der Waals surface area contributed by atoms with Crippen LogP contribution in [-0.2, 0) is 6.54 Å². The number of rotatable bonds is 6. The normalized spacial score (nSPS) is 19.0. The summed E-state index contributed by atoms with van der Waals surface area (Å²) in [7, 11) is 1.61. The number of hydrogen-bond acceptors (Lipinski definition) is 6. The zero-order chi connectivity index (χ0) is 25.5. The first-order valence-electron chi connectivity index (χ1n) is 12.8. The molecular formula is C30H30N2O5. The molecule has 0 amide bonds. The first kappa shape index (κ1) is 23.6. The average Bonchev–Trinajstić information content (AvgIpc) is 2.91. The molecule has 0 saturated carbocycles. The lowest BCUT2D eigenvalue weighted by Crippen LogP contribution is -2.48. The van der Waals surface area contributed by atoms with Gasteiger partial charge in [0, 0.05) is 49.4 Å². The van der Waals surface area contributed by atoms with Crippen LogP contribution < -0.4 is 20.5 Å². The molecular weight excluding hydrogens is 468 g/mol. The number of benzene rings is 2. The first-order chi connectivity index (χ1) is 18.0. The topological polar surface area (TPSA) is 73.9 Å². The van der Waals surface area contributed by atoms with Gasteiger partial charge in [-0.15, -0.1) is 0 Å². The third-order valence-corrected chi connectivity index (χ3v) is 7.76. The lowest BCUT2D eigenvalue weighted by molar-refractivity contribution is 0.104. The fourth-order valence-electron chi connectivity index (χ4n) is 5.91. The van der Waals surface area contributed by atoms with E-state index in [1.54, 1.807) is 19.2 Å². The number of piperidine rings is 1. The number of likely N-dealkylation sites (tertiary alicyclic amines) is 1. The standard InChI is InChI=1S/C30H30N2O5/c1-19-27(11-10-24-29(34)25(18-37-30(19)24)21-6-8-23(35-2)9-7-21)36-13-12-31-15-20-14-22(17-31)26-4-3-5-28(33)32(26)16-20/h3-11,18,20,22H,12-17H2,1-2H3/t20-,22-/m0/s1. The van der Waals surface area contributed by atoms with Crippen molar-refractivity contribution in [3.63, 3.8) is 0 Å². The van der Waals surface area contributed by atoms with Crippen LogP contribution in [0.3, 0.4) is 0 Å². The maximum atomic E-state index is 13.2. The number of aryl methyl sites for hydroxylation is 1. The Labute approximate surface area is 214 Å². The lowest BCUT2D eigenvalue weighted by atomic mass is 9.83. The van der Waals surface area contributed by atoms with Crippen LogP contribution in [0.1, 0.15) is 23.6 Å². The van der Waals surface area contributed by atoms with Crippen LogP contribution in [0.25, 0.3) is 22.1 Å². The summed E-state index contributed by atoms with van der Waals surface area (Å²) >= 11 is 0. The van der Waals surface area contributed by atoms with Crippen LogP contribution in [-0.4, -0.2) is 42.8 Å². The fourth-order valence-corrected chi connectivity index (χ4v) is 5.91. The molecule has 2 bridgehead atoms. The summed E-state index contributed by atoms with van der Waals surface area (Å²) in [6.07, 6.45) is 2.67. The van der Waals surface area contributed by atoms with Crippen molar-refractivity contribution in [2.45, 2.75) is 25.8 Å². The van der Waals surface area contributed by atoms with Gasteiger partial charge in [-0.2, -0.15) is 0 Å². The van der Waals surface area contributed by atoms with Gasteiger partial charge < -0.3 is 18.5 Å². The highest BCUT2D eigenvalue weighted by molar-refractivity contribution is 5.85. The van der Waals surface area contributed by atoms with E-state index in [-0.39, 0.29) is 11.0 Å². The molecule has 2 aliphatic heterocycles. The van der Waals surface area contributed by atoms with Gasteiger partial charge in [0.2, 0.25) is 5.43 Å². The van der Waals surface area contributed by atoms with Crippen LogP contribution in [0, 0.1) is 12.8 Å². The quantitative estimate of drug-likeness (QED) is 0.391. The second kappa shape index (κ2) is 9.56. The highest BCUT2D eigenvalue weighted by Crippen LogP contribution is 2.35. The van der Waals surface area contributed by atoms with Crippen molar-refractivity contribution in [1.29, 1.82) is 0 Å². The molecule has 1 saturated heterocycles. The molecule has 2 aromatic carbocycles. The van der Waals surface area contributed by atoms with Crippen molar-refractivity contribution in [3.05, 3.63) is 92.7 Å². The molecule has 7 nitrogen and oxygen atoms in total. The second-order valence-corrected chi connectivity index (χ2v) is 10.1. The van der Waals surface area contributed by atoms with Gasteiger partial charge in [-0.05, 0) is 55.2 Å². The van der Waals surface area contributed by atoms with Gasteiger partial charge in [-0.25, -0.2) is 0 Å². The number of hydrogen-bond donors (Lipinski definition) is 0. The number of ether oxygens (including phenoxy) is 2. The molecule has 1 fully saturated rings. The minimum atomic E-state index is -0.0692. The predicted molar refractivity (Wildman–Crippen MR) is 143 cm³/mol. The number of pyridine rings is 1. The lowest BCUT2D eigenvalue weighted by Gasteiger charge is -2.42. The smallest absolute Gasteiger partial charge is 0.250 e. The average molecular weight is 499 g/mol. The van der Waals surface area contributed by atoms with E-state index in [0.717, 1.165) is 60.9 Å². The summed E-state index contributed by atoms with van der Waals surface area (Å²) in [6.45, 7) is 5.98. The van der Waals surface area contributed by atoms with E-state index in [0.29, 0.717) is 35.0 Å². The molecule has 0 spiro atoms. The van der Waals surface area contributed by atoms with Gasteiger partial charge in [0.15, 0.2) is 0 Å². The van der Waals surface area contributed by atoms with Crippen LogP contribution in [0.4, 0.5) is 0 Å². The number of aromatic nitrogens is 1. The molecule has 0 radical (unpaired) electrons. The molecule has 4 aromatic rings. The molecule has 0 unspecified atom stereocenters. The Kier molecular flexibility index (Phi) is 6.08. The first-order valence-corrected chi connectivity index (χ1v) is 12.8. The van der Waals surface area contributed by atoms with Crippen molar-refractivity contribution in [2.75, 3.05) is 33.4 Å². The molecule has 2 atom stereocenters. The minimum Gasteiger partial charge on any atom is -0.497 e. The molecule has 6 rings (SSSR count). The monoisotopic (exact) mass is 498 g/mol. The minimum absolute atomic E-state index is 0.0692. The summed E-state index contributed by atoms with van der Waals surface area (Å²) < 4.78 is 19.3. The van der Waals surface area contributed by atoms with Gasteiger partial charge in [0.25, 0.3) is 5.56 Å². The van der Waals surface area contributed by atoms with Crippen LogP contribution >= 0.6 is 0 Å². The Hall–Kier alpha value is -3.84. The fraction of sp³-hybridized carbons (Fsp3) is 0.333. The summed E-state index contributed by atoms with van der Waals surface area (Å²) in [5.74, 6) is 2.34. The molecule has 2 aliphatic rings. The molecule has 4 heterocycles. The Bertz CT molecular complexity index is 1570. The van der Waals surface area contributed by atoms with Crippen molar-refractivity contribution < 1.29 is 13.9 Å². The van der Waals surface area contributed by atoms with Crippen LogP contribution in [0.2, 0.25) is 0 Å². The number of methoxy groups -OCH3 is 1. The Balaban J connectivity index is 1.15. The Morgan fingerprint density at radius 2 is 1.84 bits per heavy atom. The molecule has 2 aromatic heterocycles. The van der Waals surface area contributed by atoms with Crippen molar-refractivity contribution in [3.8, 4) is 22.6 Å². The Morgan fingerprint density at radius 1 is 1.00 bits per heavy atom. The highest BCUT2D eigenvalue weighted by Gasteiger charge is 2.34. The van der Waals surface area contributed by atoms with Gasteiger partial charge in [-0.3, -0.25) is 14.5 Å². The zero-order valence-electron chi connectivity index (χ0n) is 21.1. The maximum absolute atomic E-state index is 13.2. The van der Waals surface area contributed by atoms with E-state index in [1.165, 1.54) is 6.26 Å². The van der Waals surface area contributed by atoms with Crippen molar-refractivity contribution in [1.82, 2.24) is 9.47 Å².